The smallest absolute Gasteiger partial charge is 0.336 e. The van der Waals surface area contributed by atoms with Gasteiger partial charge in [0.05, 0.1) is 8.07 Å². The minimum Gasteiger partial charge on any atom is -0.423 e. The number of rotatable bonds is 1. The molecule has 0 saturated carbocycles. The molecular formula is C8H11IO2Si. The Morgan fingerprint density at radius 3 is 2.33 bits per heavy atom. The molecule has 4 heteroatoms. The number of cyclic esters (lactones) is 1. The normalized spacial score (nSPS) is 21.2. The maximum atomic E-state index is 10.8. The monoisotopic (exact) mass is 294 g/mol. The highest BCUT2D eigenvalue weighted by Crippen LogP contribution is 2.28. The van der Waals surface area contributed by atoms with Gasteiger partial charge in [0, 0.05) is 9.28 Å². The molecule has 0 atom stereocenters. The molecule has 1 aliphatic rings. The van der Waals surface area contributed by atoms with Gasteiger partial charge < -0.3 is 4.74 Å². The van der Waals surface area contributed by atoms with E-state index in [1.54, 1.807) is 6.08 Å². The van der Waals surface area contributed by atoms with Crippen molar-refractivity contribution in [1.82, 2.24) is 0 Å². The third kappa shape index (κ3) is 2.19. The van der Waals surface area contributed by atoms with Crippen LogP contribution >= 0.6 is 22.6 Å². The van der Waals surface area contributed by atoms with E-state index in [4.69, 9.17) is 4.74 Å². The van der Waals surface area contributed by atoms with Gasteiger partial charge in [0.15, 0.2) is 0 Å². The largest absolute Gasteiger partial charge is 0.423 e. The molecule has 1 rings (SSSR count). The maximum Gasteiger partial charge on any atom is 0.336 e. The molecule has 0 aromatic rings. The molecule has 0 fully saturated rings. The van der Waals surface area contributed by atoms with E-state index in [0.717, 1.165) is 5.76 Å². The van der Waals surface area contributed by atoms with Crippen LogP contribution in [0.25, 0.3) is 0 Å². The summed E-state index contributed by atoms with van der Waals surface area (Å²) in [6.45, 7) is 6.67. The van der Waals surface area contributed by atoms with Crippen molar-refractivity contribution in [2.45, 2.75) is 19.6 Å². The Bertz CT molecular complexity index is 273. The lowest BCUT2D eigenvalue weighted by molar-refractivity contribution is -0.132. The first-order chi connectivity index (χ1) is 5.41. The van der Waals surface area contributed by atoms with Gasteiger partial charge in [-0.1, -0.05) is 42.2 Å². The summed E-state index contributed by atoms with van der Waals surface area (Å²) >= 11 is 2.27. The van der Waals surface area contributed by atoms with Gasteiger partial charge in [-0.25, -0.2) is 4.79 Å². The first-order valence-corrected chi connectivity index (χ1v) is 8.29. The van der Waals surface area contributed by atoms with Crippen molar-refractivity contribution >= 4 is 36.6 Å². The van der Waals surface area contributed by atoms with E-state index in [0.29, 0.717) is 0 Å². The van der Waals surface area contributed by atoms with Gasteiger partial charge in [-0.2, -0.15) is 0 Å². The second-order valence-electron chi connectivity index (χ2n) is 3.68. The van der Waals surface area contributed by atoms with Crippen molar-refractivity contribution in [3.8, 4) is 0 Å². The van der Waals surface area contributed by atoms with E-state index < -0.39 is 8.07 Å². The van der Waals surface area contributed by atoms with Crippen LogP contribution in [0.2, 0.25) is 19.6 Å². The topological polar surface area (TPSA) is 26.3 Å². The number of carbonyl (C=O) groups excluding carboxylic acids is 1. The van der Waals surface area contributed by atoms with Crippen LogP contribution in [0.15, 0.2) is 21.1 Å². The molecule has 66 valence electrons. The van der Waals surface area contributed by atoms with Crippen LogP contribution in [0.4, 0.5) is 0 Å². The number of esters is 1. The van der Waals surface area contributed by atoms with E-state index >= 15 is 0 Å². The van der Waals surface area contributed by atoms with Crippen molar-refractivity contribution in [3.05, 3.63) is 21.1 Å². The molecule has 1 aliphatic heterocycles. The Morgan fingerprint density at radius 2 is 2.00 bits per heavy atom. The van der Waals surface area contributed by atoms with E-state index in [-0.39, 0.29) is 5.97 Å². The summed E-state index contributed by atoms with van der Waals surface area (Å²) in [5.74, 6) is 0.497. The lowest BCUT2D eigenvalue weighted by atomic mass is 10.5. The highest BCUT2D eigenvalue weighted by molar-refractivity contribution is 14.1. The quantitative estimate of drug-likeness (QED) is 0.422. The minimum absolute atomic E-state index is 0.252. The Balaban J connectivity index is 2.94. The first-order valence-electron chi connectivity index (χ1n) is 3.71. The summed E-state index contributed by atoms with van der Waals surface area (Å²) in [6.07, 6.45) is 3.22. The molecule has 0 amide bonds. The second kappa shape index (κ2) is 3.33. The number of hydrogen-bond acceptors (Lipinski definition) is 2. The Labute approximate surface area is 86.8 Å². The molecule has 0 unspecified atom stereocenters. The first kappa shape index (κ1) is 9.98. The van der Waals surface area contributed by atoms with Crippen molar-refractivity contribution in [3.63, 3.8) is 0 Å². The summed E-state index contributed by atoms with van der Waals surface area (Å²) in [7, 11) is -1.32. The highest BCUT2D eigenvalue weighted by Gasteiger charge is 2.24. The molecule has 0 N–H and O–H groups in total. The fraction of sp³-hybridized carbons (Fsp3) is 0.375. The van der Waals surface area contributed by atoms with Crippen LogP contribution in [-0.4, -0.2) is 14.0 Å². The van der Waals surface area contributed by atoms with Gasteiger partial charge in [-0.3, -0.25) is 0 Å². The molecule has 0 radical (unpaired) electrons. The average molecular weight is 294 g/mol. The average Bonchev–Trinajstić information content (AvgIpc) is 2.32. The molecule has 1 heterocycles. The molecular weight excluding hydrogens is 283 g/mol. The zero-order chi connectivity index (χ0) is 9.35. The Hall–Kier alpha value is -0.103. The zero-order valence-electron chi connectivity index (χ0n) is 7.35. The zero-order valence-corrected chi connectivity index (χ0v) is 10.5. The fourth-order valence-electron chi connectivity index (χ4n) is 0.808. The standard InChI is InChI=1S/C8H11IO2Si/c1-12(2,3)8(9)6-4-5-7(10)11-6/h4-5H,1-3H3/b8-6-. The van der Waals surface area contributed by atoms with Gasteiger partial charge in [-0.15, -0.1) is 0 Å². The Kier molecular flexibility index (Phi) is 2.77. The van der Waals surface area contributed by atoms with E-state index in [9.17, 15) is 4.79 Å². The number of carbonyl (C=O) groups is 1. The van der Waals surface area contributed by atoms with Gasteiger partial charge >= 0.3 is 5.97 Å². The predicted octanol–water partition coefficient (Wildman–Crippen LogP) is 2.62. The molecule has 12 heavy (non-hydrogen) atoms. The van der Waals surface area contributed by atoms with E-state index in [2.05, 4.69) is 42.2 Å². The Morgan fingerprint density at radius 1 is 1.42 bits per heavy atom. The third-order valence-electron chi connectivity index (χ3n) is 1.46. The lowest BCUT2D eigenvalue weighted by Crippen LogP contribution is -2.21. The molecule has 0 aliphatic carbocycles. The molecule has 0 saturated heterocycles. The summed E-state index contributed by atoms with van der Waals surface area (Å²) in [6, 6.07) is 0. The number of ether oxygens (including phenoxy) is 1. The summed E-state index contributed by atoms with van der Waals surface area (Å²) in [5, 5.41) is 0. The van der Waals surface area contributed by atoms with Crippen molar-refractivity contribution < 1.29 is 9.53 Å². The van der Waals surface area contributed by atoms with Gasteiger partial charge in [0.2, 0.25) is 0 Å². The third-order valence-corrected chi connectivity index (χ3v) is 8.41. The molecule has 0 aromatic carbocycles. The van der Waals surface area contributed by atoms with E-state index in [1.807, 2.05) is 0 Å². The minimum atomic E-state index is -1.32. The fourth-order valence-corrected chi connectivity index (χ4v) is 1.97. The van der Waals surface area contributed by atoms with Crippen molar-refractivity contribution in [2.75, 3.05) is 0 Å². The maximum absolute atomic E-state index is 10.8. The van der Waals surface area contributed by atoms with Crippen molar-refractivity contribution in [1.29, 1.82) is 0 Å². The summed E-state index contributed by atoms with van der Waals surface area (Å²) in [4.78, 5) is 10.8. The van der Waals surface area contributed by atoms with Gasteiger partial charge in [0.25, 0.3) is 0 Å². The number of allylic oxidation sites excluding steroid dienone is 1. The lowest BCUT2D eigenvalue weighted by Gasteiger charge is -2.16. The summed E-state index contributed by atoms with van der Waals surface area (Å²) < 4.78 is 6.22. The summed E-state index contributed by atoms with van der Waals surface area (Å²) in [5.41, 5.74) is 0. The van der Waals surface area contributed by atoms with Crippen LogP contribution in [0, 0.1) is 0 Å². The highest BCUT2D eigenvalue weighted by atomic mass is 127. The molecule has 0 bridgehead atoms. The van der Waals surface area contributed by atoms with Gasteiger partial charge in [0.1, 0.15) is 5.76 Å². The van der Waals surface area contributed by atoms with Crippen LogP contribution in [0.3, 0.4) is 0 Å². The molecule has 0 aromatic heterocycles. The predicted molar refractivity (Wildman–Crippen MR) is 59.6 cm³/mol. The second-order valence-corrected chi connectivity index (χ2v) is 10.8. The van der Waals surface area contributed by atoms with Crippen LogP contribution in [0.5, 0.6) is 0 Å². The number of hydrogen-bond donors (Lipinski definition) is 0. The van der Waals surface area contributed by atoms with Crippen LogP contribution in [0.1, 0.15) is 0 Å². The van der Waals surface area contributed by atoms with Crippen LogP contribution in [-0.2, 0) is 9.53 Å². The van der Waals surface area contributed by atoms with Gasteiger partial charge in [-0.05, 0) is 6.08 Å². The van der Waals surface area contributed by atoms with Crippen molar-refractivity contribution in [2.24, 2.45) is 0 Å². The van der Waals surface area contributed by atoms with E-state index in [1.165, 1.54) is 9.28 Å². The molecule has 2 nitrogen and oxygen atoms in total. The van der Waals surface area contributed by atoms with Crippen LogP contribution < -0.4 is 0 Å². The SMILES string of the molecule is C[Si](C)(C)/C(I)=C1/C=CC(=O)O1. The molecule has 0 spiro atoms. The number of halogens is 1.